The standard InChI is InChI=1S/C18H13ClN4O/c19-14-5-3-4-13(9-14)17(15-6-1-2-7-21-15)23-18(24)16-8-12(10-20)11-22-16/h1-9,11,17,22H,(H,23,24)/t17-/m1/s1. The molecule has 0 aliphatic heterocycles. The molecule has 2 heterocycles. The van der Waals surface area contributed by atoms with E-state index in [0.29, 0.717) is 22.0 Å². The number of nitrogens with one attached hydrogen (secondary N) is 2. The molecule has 1 aromatic carbocycles. The molecule has 0 bridgehead atoms. The summed E-state index contributed by atoms with van der Waals surface area (Å²) in [6, 6.07) is 15.8. The minimum Gasteiger partial charge on any atom is -0.356 e. The number of carbonyl (C=O) groups is 1. The fraction of sp³-hybridized carbons (Fsp3) is 0.0556. The van der Waals surface area contributed by atoms with Crippen molar-refractivity contribution >= 4 is 17.5 Å². The maximum absolute atomic E-state index is 12.5. The molecule has 1 atom stereocenters. The molecule has 0 radical (unpaired) electrons. The molecule has 0 fully saturated rings. The molecule has 3 aromatic rings. The normalized spacial score (nSPS) is 11.5. The van der Waals surface area contributed by atoms with Crippen LogP contribution in [0.2, 0.25) is 5.02 Å². The summed E-state index contributed by atoms with van der Waals surface area (Å²) in [7, 11) is 0. The molecule has 0 unspecified atom stereocenters. The lowest BCUT2D eigenvalue weighted by atomic mass is 10.0. The summed E-state index contributed by atoms with van der Waals surface area (Å²) >= 11 is 6.08. The van der Waals surface area contributed by atoms with Gasteiger partial charge in [0.05, 0.1) is 17.3 Å². The Balaban J connectivity index is 1.93. The van der Waals surface area contributed by atoms with Crippen LogP contribution in [0.25, 0.3) is 0 Å². The molecule has 2 N–H and O–H groups in total. The van der Waals surface area contributed by atoms with Gasteiger partial charge in [-0.25, -0.2) is 0 Å². The van der Waals surface area contributed by atoms with Crippen LogP contribution < -0.4 is 5.32 Å². The van der Waals surface area contributed by atoms with Crippen molar-refractivity contribution in [2.75, 3.05) is 0 Å². The van der Waals surface area contributed by atoms with Crippen LogP contribution in [0, 0.1) is 11.3 Å². The van der Waals surface area contributed by atoms with Gasteiger partial charge in [-0.1, -0.05) is 29.8 Å². The second kappa shape index (κ2) is 6.99. The van der Waals surface area contributed by atoms with Gasteiger partial charge in [0.25, 0.3) is 5.91 Å². The zero-order valence-corrected chi connectivity index (χ0v) is 13.3. The van der Waals surface area contributed by atoms with E-state index < -0.39 is 6.04 Å². The first-order valence-corrected chi connectivity index (χ1v) is 7.61. The quantitative estimate of drug-likeness (QED) is 0.765. The number of carbonyl (C=O) groups excluding carboxylic acids is 1. The highest BCUT2D eigenvalue weighted by Crippen LogP contribution is 2.23. The van der Waals surface area contributed by atoms with Crippen molar-refractivity contribution in [3.63, 3.8) is 0 Å². The van der Waals surface area contributed by atoms with E-state index in [0.717, 1.165) is 5.56 Å². The number of hydrogen-bond acceptors (Lipinski definition) is 3. The van der Waals surface area contributed by atoms with Crippen molar-refractivity contribution < 1.29 is 4.79 Å². The molecule has 0 saturated heterocycles. The highest BCUT2D eigenvalue weighted by molar-refractivity contribution is 6.30. The van der Waals surface area contributed by atoms with Gasteiger partial charge in [-0.3, -0.25) is 9.78 Å². The van der Waals surface area contributed by atoms with E-state index in [1.807, 2.05) is 36.4 Å². The highest BCUT2D eigenvalue weighted by Gasteiger charge is 2.20. The van der Waals surface area contributed by atoms with Gasteiger partial charge in [0.1, 0.15) is 11.8 Å². The molecular formula is C18H13ClN4O. The van der Waals surface area contributed by atoms with E-state index in [1.54, 1.807) is 18.3 Å². The molecule has 0 saturated carbocycles. The van der Waals surface area contributed by atoms with Gasteiger partial charge in [-0.05, 0) is 35.9 Å². The van der Waals surface area contributed by atoms with E-state index in [1.165, 1.54) is 12.3 Å². The number of aromatic nitrogens is 2. The maximum Gasteiger partial charge on any atom is 0.268 e. The number of pyridine rings is 1. The molecule has 2 aromatic heterocycles. The molecule has 5 nitrogen and oxygen atoms in total. The molecule has 3 rings (SSSR count). The van der Waals surface area contributed by atoms with Crippen molar-refractivity contribution in [2.24, 2.45) is 0 Å². The Kier molecular flexibility index (Phi) is 4.59. The predicted molar refractivity (Wildman–Crippen MR) is 90.5 cm³/mol. The van der Waals surface area contributed by atoms with Crippen LogP contribution in [-0.2, 0) is 0 Å². The van der Waals surface area contributed by atoms with Gasteiger partial charge in [-0.15, -0.1) is 0 Å². The summed E-state index contributed by atoms with van der Waals surface area (Å²) < 4.78 is 0. The van der Waals surface area contributed by atoms with E-state index in [-0.39, 0.29) is 5.91 Å². The molecule has 0 aliphatic carbocycles. The lowest BCUT2D eigenvalue weighted by molar-refractivity contribution is 0.0938. The van der Waals surface area contributed by atoms with Crippen molar-refractivity contribution in [2.45, 2.75) is 6.04 Å². The largest absolute Gasteiger partial charge is 0.356 e. The molecule has 118 valence electrons. The third-order valence-corrected chi connectivity index (χ3v) is 3.73. The summed E-state index contributed by atoms with van der Waals surface area (Å²) in [5.74, 6) is -0.327. The number of benzene rings is 1. The number of H-pyrrole nitrogens is 1. The van der Waals surface area contributed by atoms with Crippen LogP contribution in [0.1, 0.15) is 33.4 Å². The second-order valence-corrected chi connectivity index (χ2v) is 5.57. The third-order valence-electron chi connectivity index (χ3n) is 3.50. The minimum absolute atomic E-state index is 0.314. The Hall–Kier alpha value is -3.10. The first-order valence-electron chi connectivity index (χ1n) is 7.23. The molecule has 0 spiro atoms. The van der Waals surface area contributed by atoms with Gasteiger partial charge in [0.15, 0.2) is 0 Å². The van der Waals surface area contributed by atoms with E-state index in [4.69, 9.17) is 16.9 Å². The number of halogens is 1. The van der Waals surface area contributed by atoms with Gasteiger partial charge in [0, 0.05) is 17.4 Å². The Bertz CT molecular complexity index is 899. The Morgan fingerprint density at radius 1 is 1.25 bits per heavy atom. The number of nitrogens with zero attached hydrogens (tertiary/aromatic N) is 2. The van der Waals surface area contributed by atoms with E-state index >= 15 is 0 Å². The highest BCUT2D eigenvalue weighted by atomic mass is 35.5. The lowest BCUT2D eigenvalue weighted by Gasteiger charge is -2.18. The fourth-order valence-corrected chi connectivity index (χ4v) is 2.56. The van der Waals surface area contributed by atoms with Crippen molar-refractivity contribution in [1.29, 1.82) is 5.26 Å². The first kappa shape index (κ1) is 15.8. The molecular weight excluding hydrogens is 324 g/mol. The topological polar surface area (TPSA) is 81.6 Å². The fourth-order valence-electron chi connectivity index (χ4n) is 2.36. The van der Waals surface area contributed by atoms with Crippen LogP contribution >= 0.6 is 11.6 Å². The average Bonchev–Trinajstić information content (AvgIpc) is 3.09. The van der Waals surface area contributed by atoms with Gasteiger partial charge in [0.2, 0.25) is 0 Å². The third kappa shape index (κ3) is 3.45. The zero-order valence-electron chi connectivity index (χ0n) is 12.5. The number of nitriles is 1. The van der Waals surface area contributed by atoms with Gasteiger partial charge < -0.3 is 10.3 Å². The summed E-state index contributed by atoms with van der Waals surface area (Å²) in [4.78, 5) is 19.6. The Morgan fingerprint density at radius 3 is 2.79 bits per heavy atom. The van der Waals surface area contributed by atoms with Crippen LogP contribution in [-0.4, -0.2) is 15.9 Å². The van der Waals surface area contributed by atoms with E-state index in [2.05, 4.69) is 15.3 Å². The van der Waals surface area contributed by atoms with Crippen LogP contribution in [0.5, 0.6) is 0 Å². The first-order chi connectivity index (χ1) is 11.7. The summed E-state index contributed by atoms with van der Waals surface area (Å²) in [5.41, 5.74) is 2.23. The molecule has 6 heteroatoms. The molecule has 1 amide bonds. The lowest BCUT2D eigenvalue weighted by Crippen LogP contribution is -2.30. The van der Waals surface area contributed by atoms with Crippen molar-refractivity contribution in [1.82, 2.24) is 15.3 Å². The van der Waals surface area contributed by atoms with Gasteiger partial charge in [-0.2, -0.15) is 5.26 Å². The monoisotopic (exact) mass is 336 g/mol. The second-order valence-electron chi connectivity index (χ2n) is 5.13. The zero-order chi connectivity index (χ0) is 16.9. The summed E-state index contributed by atoms with van der Waals surface area (Å²) in [6.07, 6.45) is 3.16. The molecule has 0 aliphatic rings. The van der Waals surface area contributed by atoms with Crippen molar-refractivity contribution in [3.05, 3.63) is 88.5 Å². The average molecular weight is 337 g/mol. The number of hydrogen-bond donors (Lipinski definition) is 2. The Labute approximate surface area is 143 Å². The smallest absolute Gasteiger partial charge is 0.268 e. The van der Waals surface area contributed by atoms with E-state index in [9.17, 15) is 4.79 Å². The summed E-state index contributed by atoms with van der Waals surface area (Å²) in [6.45, 7) is 0. The van der Waals surface area contributed by atoms with Crippen LogP contribution in [0.15, 0.2) is 60.9 Å². The number of rotatable bonds is 4. The minimum atomic E-state index is -0.453. The number of aromatic amines is 1. The summed E-state index contributed by atoms with van der Waals surface area (Å²) in [5, 5.41) is 12.4. The van der Waals surface area contributed by atoms with Gasteiger partial charge >= 0.3 is 0 Å². The SMILES string of the molecule is N#Cc1c[nH]c(C(=O)N[C@H](c2cccc(Cl)c2)c2ccccn2)c1. The van der Waals surface area contributed by atoms with Crippen molar-refractivity contribution in [3.8, 4) is 6.07 Å². The molecule has 24 heavy (non-hydrogen) atoms. The number of amides is 1. The maximum atomic E-state index is 12.5. The van der Waals surface area contributed by atoms with Crippen LogP contribution in [0.4, 0.5) is 0 Å². The Morgan fingerprint density at radius 2 is 2.12 bits per heavy atom. The van der Waals surface area contributed by atoms with Crippen LogP contribution in [0.3, 0.4) is 0 Å². The predicted octanol–water partition coefficient (Wildman–Crippen LogP) is 3.45.